The van der Waals surface area contributed by atoms with Crippen LogP contribution in [0.5, 0.6) is 11.5 Å². The van der Waals surface area contributed by atoms with E-state index in [2.05, 4.69) is 10.3 Å². The van der Waals surface area contributed by atoms with E-state index in [-0.39, 0.29) is 17.0 Å². The molecule has 0 fully saturated rings. The molecule has 1 aliphatic heterocycles. The van der Waals surface area contributed by atoms with Crippen molar-refractivity contribution in [2.75, 3.05) is 0 Å². The summed E-state index contributed by atoms with van der Waals surface area (Å²) in [5, 5.41) is 3.04. The maximum atomic E-state index is 13.0. The average Bonchev–Trinajstić information content (AvgIpc) is 2.66. The Hall–Kier alpha value is -3.34. The number of rotatable bonds is 3. The van der Waals surface area contributed by atoms with E-state index in [1.807, 2.05) is 64.1 Å². The summed E-state index contributed by atoms with van der Waals surface area (Å²) in [6, 6.07) is 14.8. The zero-order chi connectivity index (χ0) is 20.7. The number of aryl methyl sites for hydroxylation is 2. The van der Waals surface area contributed by atoms with Crippen molar-refractivity contribution in [3.05, 3.63) is 92.4 Å². The normalized spacial score (nSPS) is 12.9. The van der Waals surface area contributed by atoms with E-state index in [0.29, 0.717) is 0 Å². The highest BCUT2D eigenvalue weighted by atomic mass is 16.5. The topological polar surface area (TPSA) is 71.2 Å². The fourth-order valence-electron chi connectivity index (χ4n) is 3.59. The van der Waals surface area contributed by atoms with Crippen molar-refractivity contribution in [3.8, 4) is 11.5 Å². The summed E-state index contributed by atoms with van der Waals surface area (Å²) in [5.74, 6) is 1.21. The summed E-state index contributed by atoms with van der Waals surface area (Å²) in [5.41, 5.74) is 4.42. The van der Waals surface area contributed by atoms with E-state index >= 15 is 0 Å². The van der Waals surface area contributed by atoms with Gasteiger partial charge in [-0.3, -0.25) is 9.59 Å². The number of nitrogens with one attached hydrogen (secondary N) is 2. The first-order chi connectivity index (χ1) is 13.8. The summed E-state index contributed by atoms with van der Waals surface area (Å²) >= 11 is 0. The first-order valence-electron chi connectivity index (χ1n) is 9.76. The van der Waals surface area contributed by atoms with Crippen molar-refractivity contribution in [2.24, 2.45) is 0 Å². The average molecular weight is 388 g/mol. The predicted octanol–water partition coefficient (Wildman–Crippen LogP) is 4.74. The molecule has 1 aliphatic rings. The van der Waals surface area contributed by atoms with Gasteiger partial charge in [0, 0.05) is 16.8 Å². The first kappa shape index (κ1) is 19.0. The van der Waals surface area contributed by atoms with Gasteiger partial charge in [-0.15, -0.1) is 0 Å². The molecule has 5 heteroatoms. The van der Waals surface area contributed by atoms with Crippen LogP contribution in [0.1, 0.15) is 64.1 Å². The van der Waals surface area contributed by atoms with Crippen molar-refractivity contribution in [3.63, 3.8) is 0 Å². The minimum Gasteiger partial charge on any atom is -0.457 e. The Morgan fingerprint density at radius 2 is 1.55 bits per heavy atom. The Kier molecular flexibility index (Phi) is 4.74. The Bertz CT molecular complexity index is 1110. The van der Waals surface area contributed by atoms with E-state index in [1.165, 1.54) is 0 Å². The van der Waals surface area contributed by atoms with Crippen LogP contribution in [0.15, 0.2) is 53.3 Å². The molecule has 0 atom stereocenters. The Morgan fingerprint density at radius 1 is 0.966 bits per heavy atom. The number of ether oxygens (including phenoxy) is 1. The van der Waals surface area contributed by atoms with Gasteiger partial charge in [0.05, 0.1) is 6.04 Å². The monoisotopic (exact) mass is 388 g/mol. The molecule has 3 aromatic rings. The highest BCUT2D eigenvalue weighted by molar-refractivity contribution is 5.94. The highest BCUT2D eigenvalue weighted by Crippen LogP contribution is 2.43. The summed E-state index contributed by atoms with van der Waals surface area (Å²) in [6.45, 7) is 7.98. The zero-order valence-corrected chi connectivity index (χ0v) is 17.0. The van der Waals surface area contributed by atoms with Crippen molar-refractivity contribution >= 4 is 5.91 Å². The minimum atomic E-state index is -0.411. The van der Waals surface area contributed by atoms with Gasteiger partial charge in [-0.2, -0.15) is 0 Å². The Balaban J connectivity index is 1.74. The van der Waals surface area contributed by atoms with Crippen LogP contribution in [-0.2, 0) is 0 Å². The van der Waals surface area contributed by atoms with Gasteiger partial charge in [-0.25, -0.2) is 0 Å². The van der Waals surface area contributed by atoms with Crippen LogP contribution in [0.4, 0.5) is 0 Å². The van der Waals surface area contributed by atoms with Crippen LogP contribution in [0, 0.1) is 13.8 Å². The zero-order valence-electron chi connectivity index (χ0n) is 17.0. The van der Waals surface area contributed by atoms with E-state index in [0.717, 1.165) is 39.4 Å². The molecule has 1 aromatic heterocycles. The molecule has 2 heterocycles. The van der Waals surface area contributed by atoms with Gasteiger partial charge >= 0.3 is 0 Å². The number of carbonyl (C=O) groups is 1. The second kappa shape index (κ2) is 7.24. The van der Waals surface area contributed by atoms with Gasteiger partial charge in [0.25, 0.3) is 11.5 Å². The summed E-state index contributed by atoms with van der Waals surface area (Å²) in [7, 11) is 0. The lowest BCUT2D eigenvalue weighted by molar-refractivity contribution is 0.0940. The van der Waals surface area contributed by atoms with E-state index in [9.17, 15) is 9.59 Å². The van der Waals surface area contributed by atoms with Crippen LogP contribution in [-0.4, -0.2) is 10.9 Å². The maximum Gasteiger partial charge on any atom is 0.261 e. The molecule has 0 bridgehead atoms. The number of fused-ring (bicyclic) bond motifs is 2. The highest BCUT2D eigenvalue weighted by Gasteiger charge is 2.29. The fourth-order valence-corrected chi connectivity index (χ4v) is 3.59. The van der Waals surface area contributed by atoms with E-state index in [4.69, 9.17) is 4.74 Å². The number of benzene rings is 2. The molecule has 2 aromatic carbocycles. The van der Waals surface area contributed by atoms with E-state index < -0.39 is 11.9 Å². The number of carbonyl (C=O) groups excluding carboxylic acids is 1. The van der Waals surface area contributed by atoms with Gasteiger partial charge < -0.3 is 15.0 Å². The fraction of sp³-hybridized carbons (Fsp3) is 0.250. The number of hydrogen-bond acceptors (Lipinski definition) is 3. The minimum absolute atomic E-state index is 0.100. The van der Waals surface area contributed by atoms with E-state index in [1.54, 1.807) is 12.1 Å². The first-order valence-corrected chi connectivity index (χ1v) is 9.76. The summed E-state index contributed by atoms with van der Waals surface area (Å²) < 4.78 is 6.10. The molecule has 0 aliphatic carbocycles. The molecular weight excluding hydrogens is 364 g/mol. The van der Waals surface area contributed by atoms with Gasteiger partial charge in [-0.05, 0) is 55.2 Å². The largest absolute Gasteiger partial charge is 0.457 e. The van der Waals surface area contributed by atoms with Crippen LogP contribution >= 0.6 is 0 Å². The SMILES string of the molecule is Cc1ccc2c(c1)Oc1cc(C)ccc1C2NC(=O)c1ccc(C(C)C)[nH]c1=O. The van der Waals surface area contributed by atoms with Crippen molar-refractivity contribution < 1.29 is 9.53 Å². The van der Waals surface area contributed by atoms with Crippen molar-refractivity contribution in [1.29, 1.82) is 0 Å². The molecule has 148 valence electrons. The lowest BCUT2D eigenvalue weighted by atomic mass is 9.92. The molecule has 0 spiro atoms. The standard InChI is InChI=1S/C24H24N2O3/c1-13(2)19-10-9-18(23(27)25-19)24(28)26-22-16-7-5-14(3)11-20(16)29-21-12-15(4)6-8-17(21)22/h5-13,22H,1-4H3,(H,25,27)(H,26,28). The van der Waals surface area contributed by atoms with Crippen molar-refractivity contribution in [2.45, 2.75) is 39.7 Å². The second-order valence-corrected chi connectivity index (χ2v) is 7.90. The third kappa shape index (κ3) is 3.56. The molecule has 4 rings (SSSR count). The third-order valence-electron chi connectivity index (χ3n) is 5.25. The molecular formula is C24H24N2O3. The number of pyridine rings is 1. The van der Waals surface area contributed by atoms with Gasteiger partial charge in [0.2, 0.25) is 0 Å². The molecule has 1 amide bonds. The van der Waals surface area contributed by atoms with Gasteiger partial charge in [0.15, 0.2) is 0 Å². The van der Waals surface area contributed by atoms with Crippen LogP contribution < -0.4 is 15.6 Å². The summed E-state index contributed by atoms with van der Waals surface area (Å²) in [4.78, 5) is 28.3. The number of amides is 1. The molecule has 0 radical (unpaired) electrons. The molecule has 0 saturated carbocycles. The lowest BCUT2D eigenvalue weighted by Gasteiger charge is -2.29. The smallest absolute Gasteiger partial charge is 0.261 e. The number of aromatic nitrogens is 1. The number of hydrogen-bond donors (Lipinski definition) is 2. The molecule has 5 nitrogen and oxygen atoms in total. The molecule has 0 unspecified atom stereocenters. The third-order valence-corrected chi connectivity index (χ3v) is 5.25. The Labute approximate surface area is 169 Å². The molecule has 2 N–H and O–H groups in total. The van der Waals surface area contributed by atoms with Crippen LogP contribution in [0.3, 0.4) is 0 Å². The summed E-state index contributed by atoms with van der Waals surface area (Å²) in [6.07, 6.45) is 0. The maximum absolute atomic E-state index is 13.0. The van der Waals surface area contributed by atoms with Crippen LogP contribution in [0.2, 0.25) is 0 Å². The van der Waals surface area contributed by atoms with Gasteiger partial charge in [0.1, 0.15) is 17.1 Å². The number of aromatic amines is 1. The van der Waals surface area contributed by atoms with Gasteiger partial charge in [-0.1, -0.05) is 38.1 Å². The second-order valence-electron chi connectivity index (χ2n) is 7.90. The Morgan fingerprint density at radius 3 is 2.07 bits per heavy atom. The predicted molar refractivity (Wildman–Crippen MR) is 113 cm³/mol. The molecule has 29 heavy (non-hydrogen) atoms. The number of H-pyrrole nitrogens is 1. The lowest BCUT2D eigenvalue weighted by Crippen LogP contribution is -2.34. The van der Waals surface area contributed by atoms with Crippen LogP contribution in [0.25, 0.3) is 0 Å². The van der Waals surface area contributed by atoms with Crippen molar-refractivity contribution in [1.82, 2.24) is 10.3 Å². The quantitative estimate of drug-likeness (QED) is 0.681. The molecule has 0 saturated heterocycles.